The van der Waals surface area contributed by atoms with E-state index >= 15 is 0 Å². The first kappa shape index (κ1) is 16.6. The average Bonchev–Trinajstić information content (AvgIpc) is 2.90. The molecule has 1 fully saturated rings. The van der Waals surface area contributed by atoms with Crippen molar-refractivity contribution in [1.29, 1.82) is 5.41 Å². The molecule has 1 aliphatic rings. The third-order valence-electron chi connectivity index (χ3n) is 4.31. The molecule has 0 aromatic carbocycles. The zero-order valence-corrected chi connectivity index (χ0v) is 14.0. The molecule has 5 heteroatoms. The van der Waals surface area contributed by atoms with Crippen LogP contribution in [-0.2, 0) is 11.2 Å². The quantitative estimate of drug-likeness (QED) is 0.728. The lowest BCUT2D eigenvalue weighted by Crippen LogP contribution is -2.33. The molecule has 0 aliphatic heterocycles. The zero-order valence-electron chi connectivity index (χ0n) is 13.1. The molecule has 0 amide bonds. The molecule has 1 heterocycles. The number of thiazole rings is 1. The average molecular weight is 310 g/mol. The van der Waals surface area contributed by atoms with Crippen molar-refractivity contribution < 1.29 is 10.2 Å². The monoisotopic (exact) mass is 310 g/mol. The van der Waals surface area contributed by atoms with Crippen LogP contribution in [0.2, 0.25) is 0 Å². The first-order valence-corrected chi connectivity index (χ1v) is 8.57. The number of hydrogen-bond donors (Lipinski definition) is 3. The van der Waals surface area contributed by atoms with E-state index in [0.29, 0.717) is 23.8 Å². The molecule has 2 rings (SSSR count). The number of hydrogen-bond acceptors (Lipinski definition) is 5. The fourth-order valence-corrected chi connectivity index (χ4v) is 4.00. The fourth-order valence-electron chi connectivity index (χ4n) is 2.94. The maximum atomic E-state index is 10.9. The molecule has 1 aromatic heterocycles. The van der Waals surface area contributed by atoms with Gasteiger partial charge in [-0.25, -0.2) is 4.98 Å². The third kappa shape index (κ3) is 3.71. The lowest BCUT2D eigenvalue weighted by molar-refractivity contribution is -0.00398. The van der Waals surface area contributed by atoms with Crippen LogP contribution in [0.4, 0.5) is 0 Å². The largest absolute Gasteiger partial charge is 0.384 e. The third-order valence-corrected chi connectivity index (χ3v) is 5.82. The van der Waals surface area contributed by atoms with E-state index in [0.717, 1.165) is 36.3 Å². The molecule has 4 nitrogen and oxygen atoms in total. The summed E-state index contributed by atoms with van der Waals surface area (Å²) in [6.07, 6.45) is 6.68. The maximum absolute atomic E-state index is 10.9. The molecule has 0 atom stereocenters. The van der Waals surface area contributed by atoms with Gasteiger partial charge in [0.05, 0.1) is 4.88 Å². The Morgan fingerprint density at radius 1 is 1.48 bits per heavy atom. The minimum Gasteiger partial charge on any atom is -0.384 e. The van der Waals surface area contributed by atoms with Gasteiger partial charge in [0.25, 0.3) is 0 Å². The molecule has 0 bridgehead atoms. The van der Waals surface area contributed by atoms with Crippen LogP contribution in [0.1, 0.15) is 69.2 Å². The van der Waals surface area contributed by atoms with Crippen molar-refractivity contribution in [2.24, 2.45) is 5.92 Å². The molecular weight excluding hydrogens is 284 g/mol. The predicted molar refractivity (Wildman–Crippen MR) is 85.8 cm³/mol. The van der Waals surface area contributed by atoms with Gasteiger partial charge >= 0.3 is 0 Å². The van der Waals surface area contributed by atoms with Crippen LogP contribution >= 0.6 is 11.3 Å². The number of aliphatic hydroxyl groups is 2. The summed E-state index contributed by atoms with van der Waals surface area (Å²) in [7, 11) is 0. The minimum absolute atomic E-state index is 0.326. The van der Waals surface area contributed by atoms with Crippen LogP contribution in [0, 0.1) is 11.3 Å². The van der Waals surface area contributed by atoms with Gasteiger partial charge in [-0.3, -0.25) is 0 Å². The lowest BCUT2D eigenvalue weighted by atomic mass is 9.76. The Morgan fingerprint density at radius 3 is 2.57 bits per heavy atom. The van der Waals surface area contributed by atoms with Crippen molar-refractivity contribution in [3.63, 3.8) is 0 Å². The second kappa shape index (κ2) is 6.15. The summed E-state index contributed by atoms with van der Waals surface area (Å²) in [6, 6.07) is 0. The topological polar surface area (TPSA) is 77.2 Å². The van der Waals surface area contributed by atoms with Gasteiger partial charge in [0.1, 0.15) is 16.2 Å². The second-order valence-corrected chi connectivity index (χ2v) is 7.70. The van der Waals surface area contributed by atoms with Crippen LogP contribution in [0.3, 0.4) is 0 Å². The second-order valence-electron chi connectivity index (χ2n) is 6.67. The van der Waals surface area contributed by atoms with E-state index in [1.807, 2.05) is 0 Å². The Hall–Kier alpha value is -0.780. The van der Waals surface area contributed by atoms with Gasteiger partial charge in [0.2, 0.25) is 0 Å². The van der Waals surface area contributed by atoms with E-state index < -0.39 is 11.2 Å². The van der Waals surface area contributed by atoms with Gasteiger partial charge in [-0.1, -0.05) is 13.3 Å². The van der Waals surface area contributed by atoms with Crippen molar-refractivity contribution in [2.45, 2.75) is 70.5 Å². The van der Waals surface area contributed by atoms with Crippen LogP contribution in [0.15, 0.2) is 6.20 Å². The van der Waals surface area contributed by atoms with Crippen molar-refractivity contribution >= 4 is 17.0 Å². The molecule has 1 aromatic rings. The lowest BCUT2D eigenvalue weighted by Gasteiger charge is -2.35. The van der Waals surface area contributed by atoms with E-state index in [1.54, 1.807) is 20.0 Å². The van der Waals surface area contributed by atoms with Crippen LogP contribution < -0.4 is 0 Å². The molecule has 0 spiro atoms. The smallest absolute Gasteiger partial charge is 0.124 e. The van der Waals surface area contributed by atoms with Crippen LogP contribution in [-0.4, -0.2) is 20.9 Å². The molecule has 1 aliphatic carbocycles. The number of rotatable bonds is 5. The summed E-state index contributed by atoms with van der Waals surface area (Å²) in [5, 5.41) is 29.6. The first-order valence-electron chi connectivity index (χ1n) is 7.75. The van der Waals surface area contributed by atoms with Gasteiger partial charge < -0.3 is 15.6 Å². The molecule has 118 valence electrons. The highest BCUT2D eigenvalue weighted by Crippen LogP contribution is 2.43. The van der Waals surface area contributed by atoms with Gasteiger partial charge in [0.15, 0.2) is 0 Å². The summed E-state index contributed by atoms with van der Waals surface area (Å²) < 4.78 is 0. The molecule has 0 unspecified atom stereocenters. The number of aromatic nitrogens is 1. The van der Waals surface area contributed by atoms with Crippen molar-refractivity contribution in [2.75, 3.05) is 0 Å². The summed E-state index contributed by atoms with van der Waals surface area (Å²) in [4.78, 5) is 5.11. The van der Waals surface area contributed by atoms with Crippen LogP contribution in [0.5, 0.6) is 0 Å². The predicted octanol–water partition coefficient (Wildman–Crippen LogP) is 3.57. The van der Waals surface area contributed by atoms with Crippen molar-refractivity contribution in [3.8, 4) is 0 Å². The molecule has 1 saturated carbocycles. The first-order chi connectivity index (χ1) is 9.76. The highest BCUT2D eigenvalue weighted by Gasteiger charge is 2.38. The van der Waals surface area contributed by atoms with Crippen molar-refractivity contribution in [1.82, 2.24) is 4.98 Å². The number of nitrogens with one attached hydrogen (secondary N) is 1. The van der Waals surface area contributed by atoms with E-state index in [-0.39, 0.29) is 0 Å². The number of nitrogens with zero attached hydrogens (tertiary/aromatic N) is 1. The van der Waals surface area contributed by atoms with Gasteiger partial charge in [-0.2, -0.15) is 0 Å². The van der Waals surface area contributed by atoms with Gasteiger partial charge in [0, 0.05) is 11.9 Å². The zero-order chi connectivity index (χ0) is 15.7. The fraction of sp³-hybridized carbons (Fsp3) is 0.750. The Bertz CT molecular complexity index is 497. The standard InChI is InChI=1S/C16H26N2O2S/c1-4-5-12(17)11-6-8-16(20,9-7-11)13-10-18-14(21-13)15(2,3)19/h10-11,17,19-20H,4-9H2,1-3H3. The molecule has 0 radical (unpaired) electrons. The van der Waals surface area contributed by atoms with E-state index in [1.165, 1.54) is 11.3 Å². The van der Waals surface area contributed by atoms with Crippen molar-refractivity contribution in [3.05, 3.63) is 16.1 Å². The highest BCUT2D eigenvalue weighted by atomic mass is 32.1. The summed E-state index contributed by atoms with van der Waals surface area (Å²) >= 11 is 1.40. The maximum Gasteiger partial charge on any atom is 0.124 e. The van der Waals surface area contributed by atoms with Crippen LogP contribution in [0.25, 0.3) is 0 Å². The van der Waals surface area contributed by atoms with E-state index in [2.05, 4.69) is 11.9 Å². The minimum atomic E-state index is -0.959. The van der Waals surface area contributed by atoms with E-state index in [4.69, 9.17) is 5.41 Å². The van der Waals surface area contributed by atoms with E-state index in [9.17, 15) is 10.2 Å². The molecule has 0 saturated heterocycles. The Balaban J connectivity index is 2.05. The SMILES string of the molecule is CCCC(=N)C1CCC(O)(c2cnc(C(C)(C)O)s2)CC1. The molecule has 21 heavy (non-hydrogen) atoms. The molecular formula is C16H26N2O2S. The highest BCUT2D eigenvalue weighted by molar-refractivity contribution is 7.11. The van der Waals surface area contributed by atoms with Gasteiger partial charge in [-0.15, -0.1) is 11.3 Å². The molecule has 3 N–H and O–H groups in total. The summed E-state index contributed by atoms with van der Waals surface area (Å²) in [5.74, 6) is 0.326. The Morgan fingerprint density at radius 2 is 2.10 bits per heavy atom. The summed E-state index contributed by atoms with van der Waals surface area (Å²) in [5.41, 5.74) is -0.954. The Labute approximate surface area is 130 Å². The van der Waals surface area contributed by atoms with Gasteiger partial charge in [-0.05, 0) is 51.9 Å². The Kier molecular flexibility index (Phi) is 4.85. The normalized spacial score (nSPS) is 26.8. The summed E-state index contributed by atoms with van der Waals surface area (Å²) in [6.45, 7) is 5.52.